The number of ether oxygens (including phenoxy) is 2. The van der Waals surface area contributed by atoms with Gasteiger partial charge in [-0.2, -0.15) is 0 Å². The van der Waals surface area contributed by atoms with Crippen LogP contribution in [0.4, 0.5) is 0 Å². The summed E-state index contributed by atoms with van der Waals surface area (Å²) in [6.07, 6.45) is 1.95. The van der Waals surface area contributed by atoms with Gasteiger partial charge in [-0.25, -0.2) is 0 Å². The zero-order valence-electron chi connectivity index (χ0n) is 21.0. The van der Waals surface area contributed by atoms with Gasteiger partial charge in [0, 0.05) is 24.6 Å². The molecule has 180 valence electrons. The van der Waals surface area contributed by atoms with Crippen LogP contribution in [0.2, 0.25) is 0 Å². The third-order valence-corrected chi connectivity index (χ3v) is 7.33. The molecule has 3 aromatic carbocycles. The minimum atomic E-state index is -0.465. The first kappa shape index (κ1) is 23.7. The SMILES string of the molecule is CC1(C)Oc2ccccc2[C@H]2O[C@](C)(C#CCN(Cc3ccccc3)Cc3ccccc3)CC[C@@H]21. The van der Waals surface area contributed by atoms with Crippen LogP contribution in [-0.4, -0.2) is 22.6 Å². The van der Waals surface area contributed by atoms with Crippen LogP contribution in [0.15, 0.2) is 84.9 Å². The summed E-state index contributed by atoms with van der Waals surface area (Å²) in [6, 6.07) is 29.6. The zero-order valence-corrected chi connectivity index (χ0v) is 21.0. The standard InChI is InChI=1S/C32H35NO2/c1-31(2)28-19-21-32(3,35-30(28)27-17-10-11-18-29(27)34-31)20-12-22-33(23-25-13-6-4-7-14-25)24-26-15-8-5-9-16-26/h4-11,13-18,28,30H,19,21-24H2,1-3H3/t28-,30+,32+/m0/s1. The normalized spacial score (nSPS) is 24.5. The van der Waals surface area contributed by atoms with E-state index in [1.54, 1.807) is 0 Å². The highest BCUT2D eigenvalue weighted by Gasteiger charge is 2.49. The fourth-order valence-electron chi connectivity index (χ4n) is 5.44. The van der Waals surface area contributed by atoms with Crippen molar-refractivity contribution in [2.45, 2.75) is 64.0 Å². The first-order valence-corrected chi connectivity index (χ1v) is 12.7. The number of nitrogens with zero attached hydrogens (tertiary/aromatic N) is 1. The average molecular weight is 466 g/mol. The molecule has 1 saturated heterocycles. The van der Waals surface area contributed by atoms with Crippen LogP contribution in [0.3, 0.4) is 0 Å². The van der Waals surface area contributed by atoms with Crippen molar-refractivity contribution in [3.8, 4) is 17.6 Å². The molecule has 2 heterocycles. The molecule has 0 unspecified atom stereocenters. The largest absolute Gasteiger partial charge is 0.487 e. The lowest BCUT2D eigenvalue weighted by Crippen LogP contribution is -2.50. The van der Waals surface area contributed by atoms with E-state index in [0.29, 0.717) is 12.5 Å². The second-order valence-corrected chi connectivity index (χ2v) is 10.6. The quantitative estimate of drug-likeness (QED) is 0.387. The highest BCUT2D eigenvalue weighted by Crippen LogP contribution is 2.52. The van der Waals surface area contributed by atoms with Crippen molar-refractivity contribution in [1.29, 1.82) is 0 Å². The summed E-state index contributed by atoms with van der Waals surface area (Å²) in [5.74, 6) is 8.29. The molecular formula is C32H35NO2. The van der Waals surface area contributed by atoms with E-state index in [2.05, 4.69) is 116 Å². The van der Waals surface area contributed by atoms with Crippen LogP contribution >= 0.6 is 0 Å². The van der Waals surface area contributed by atoms with Gasteiger partial charge in [-0.05, 0) is 50.8 Å². The molecule has 5 rings (SSSR count). The van der Waals surface area contributed by atoms with E-state index in [1.165, 1.54) is 11.1 Å². The topological polar surface area (TPSA) is 21.7 Å². The van der Waals surface area contributed by atoms with Gasteiger partial charge in [-0.1, -0.05) is 90.7 Å². The van der Waals surface area contributed by atoms with Crippen molar-refractivity contribution in [2.75, 3.05) is 6.54 Å². The first-order valence-electron chi connectivity index (χ1n) is 12.7. The van der Waals surface area contributed by atoms with Gasteiger partial charge in [0.25, 0.3) is 0 Å². The number of para-hydroxylation sites is 1. The number of fused-ring (bicyclic) bond motifs is 3. The van der Waals surface area contributed by atoms with Gasteiger partial charge in [0.15, 0.2) is 0 Å². The van der Waals surface area contributed by atoms with Crippen LogP contribution in [0.1, 0.15) is 56.4 Å². The summed E-state index contributed by atoms with van der Waals surface area (Å²) < 4.78 is 13.1. The van der Waals surface area contributed by atoms with E-state index in [-0.39, 0.29) is 11.7 Å². The van der Waals surface area contributed by atoms with Crippen LogP contribution < -0.4 is 4.74 Å². The Kier molecular flexibility index (Phi) is 6.69. The van der Waals surface area contributed by atoms with E-state index >= 15 is 0 Å². The summed E-state index contributed by atoms with van der Waals surface area (Å²) in [4.78, 5) is 2.40. The molecule has 35 heavy (non-hydrogen) atoms. The molecule has 0 saturated carbocycles. The Morgan fingerprint density at radius 3 is 2.09 bits per heavy atom. The summed E-state index contributed by atoms with van der Waals surface area (Å²) in [7, 11) is 0. The van der Waals surface area contributed by atoms with Crippen molar-refractivity contribution in [1.82, 2.24) is 4.90 Å². The number of hydrogen-bond donors (Lipinski definition) is 0. The lowest BCUT2D eigenvalue weighted by atomic mass is 9.73. The van der Waals surface area contributed by atoms with E-state index < -0.39 is 5.60 Å². The molecule has 0 N–H and O–H groups in total. The van der Waals surface area contributed by atoms with Crippen LogP contribution in [0.25, 0.3) is 0 Å². The predicted octanol–water partition coefficient (Wildman–Crippen LogP) is 6.79. The maximum absolute atomic E-state index is 6.79. The summed E-state index contributed by atoms with van der Waals surface area (Å²) >= 11 is 0. The molecule has 0 radical (unpaired) electrons. The molecule has 0 aromatic heterocycles. The maximum Gasteiger partial charge on any atom is 0.126 e. The molecule has 3 nitrogen and oxygen atoms in total. The number of hydrogen-bond acceptors (Lipinski definition) is 3. The Bertz CT molecular complexity index is 1150. The second-order valence-electron chi connectivity index (χ2n) is 10.6. The Balaban J connectivity index is 1.33. The van der Waals surface area contributed by atoms with E-state index in [4.69, 9.17) is 9.47 Å². The van der Waals surface area contributed by atoms with Crippen molar-refractivity contribution in [3.63, 3.8) is 0 Å². The molecule has 2 aliphatic heterocycles. The van der Waals surface area contributed by atoms with Crippen molar-refractivity contribution in [3.05, 3.63) is 102 Å². The molecule has 0 spiro atoms. The van der Waals surface area contributed by atoms with E-state index in [1.807, 2.05) is 6.07 Å². The Labute approximate surface area is 210 Å². The highest BCUT2D eigenvalue weighted by atomic mass is 16.5. The maximum atomic E-state index is 6.79. The minimum Gasteiger partial charge on any atom is -0.487 e. The third kappa shape index (κ3) is 5.45. The first-order chi connectivity index (χ1) is 16.9. The van der Waals surface area contributed by atoms with Gasteiger partial charge in [-0.3, -0.25) is 4.90 Å². The summed E-state index contributed by atoms with van der Waals surface area (Å²) in [6.45, 7) is 8.95. The van der Waals surface area contributed by atoms with Crippen LogP contribution in [0.5, 0.6) is 5.75 Å². The summed E-state index contributed by atoms with van der Waals surface area (Å²) in [5.41, 5.74) is 3.03. The number of benzene rings is 3. The molecule has 3 heteroatoms. The van der Waals surface area contributed by atoms with E-state index in [0.717, 1.165) is 37.2 Å². The van der Waals surface area contributed by atoms with Gasteiger partial charge in [0.05, 0.1) is 12.6 Å². The van der Waals surface area contributed by atoms with Crippen molar-refractivity contribution < 1.29 is 9.47 Å². The molecule has 3 aromatic rings. The van der Waals surface area contributed by atoms with Gasteiger partial charge < -0.3 is 9.47 Å². The molecule has 1 fully saturated rings. The fraction of sp³-hybridized carbons (Fsp3) is 0.375. The summed E-state index contributed by atoms with van der Waals surface area (Å²) in [5, 5.41) is 0. The monoisotopic (exact) mass is 465 g/mol. The second kappa shape index (κ2) is 9.90. The predicted molar refractivity (Wildman–Crippen MR) is 141 cm³/mol. The minimum absolute atomic E-state index is 0.00717. The Morgan fingerprint density at radius 1 is 0.829 bits per heavy atom. The van der Waals surface area contributed by atoms with E-state index in [9.17, 15) is 0 Å². The zero-order chi connectivity index (χ0) is 24.3. The van der Waals surface area contributed by atoms with Crippen LogP contribution in [0, 0.1) is 17.8 Å². The van der Waals surface area contributed by atoms with Gasteiger partial charge in [0.1, 0.15) is 17.0 Å². The van der Waals surface area contributed by atoms with Gasteiger partial charge in [-0.15, -0.1) is 0 Å². The Hall–Kier alpha value is -3.06. The lowest BCUT2D eigenvalue weighted by molar-refractivity contribution is -0.169. The van der Waals surface area contributed by atoms with Crippen LogP contribution in [-0.2, 0) is 17.8 Å². The third-order valence-electron chi connectivity index (χ3n) is 7.33. The molecule has 0 aliphatic carbocycles. The Morgan fingerprint density at radius 2 is 1.43 bits per heavy atom. The smallest absolute Gasteiger partial charge is 0.126 e. The fourth-order valence-corrected chi connectivity index (χ4v) is 5.44. The molecule has 0 bridgehead atoms. The highest BCUT2D eigenvalue weighted by molar-refractivity contribution is 5.39. The molecular weight excluding hydrogens is 430 g/mol. The van der Waals surface area contributed by atoms with Gasteiger partial charge >= 0.3 is 0 Å². The average Bonchev–Trinajstić information content (AvgIpc) is 2.85. The molecule has 3 atom stereocenters. The molecule has 0 amide bonds. The molecule has 2 aliphatic rings. The number of rotatable bonds is 5. The lowest BCUT2D eigenvalue weighted by Gasteiger charge is -2.50. The van der Waals surface area contributed by atoms with Crippen molar-refractivity contribution >= 4 is 0 Å². The van der Waals surface area contributed by atoms with Gasteiger partial charge in [0.2, 0.25) is 0 Å². The van der Waals surface area contributed by atoms with Crippen molar-refractivity contribution in [2.24, 2.45) is 5.92 Å².